The fourth-order valence-corrected chi connectivity index (χ4v) is 1.89. The Hall–Kier alpha value is -0.420. The highest BCUT2D eigenvalue weighted by molar-refractivity contribution is 8.14. The summed E-state index contributed by atoms with van der Waals surface area (Å²) < 4.78 is 0. The molecule has 6 heteroatoms. The van der Waals surface area contributed by atoms with Crippen molar-refractivity contribution in [1.29, 1.82) is 0 Å². The minimum Gasteiger partial charge on any atom is -0.481 e. The molecule has 0 aliphatic carbocycles. The zero-order chi connectivity index (χ0) is 8.48. The molecule has 70 valence electrons. The maximum absolute atomic E-state index is 10.3. The molecule has 0 aromatic carbocycles. The molecule has 1 unspecified atom stereocenters. The Labute approximate surface area is 81.0 Å². The fraction of sp³-hybridized carbons (Fsp3) is 0.667. The van der Waals surface area contributed by atoms with Crippen LogP contribution in [0.5, 0.6) is 0 Å². The van der Waals surface area contributed by atoms with E-state index in [1.165, 1.54) is 11.8 Å². The number of hydrogen-bond acceptors (Lipinski definition) is 4. The molecule has 3 N–H and O–H groups in total. The van der Waals surface area contributed by atoms with E-state index in [4.69, 9.17) is 10.8 Å². The van der Waals surface area contributed by atoms with Crippen molar-refractivity contribution in [3.8, 4) is 0 Å². The minimum absolute atomic E-state index is 0. The van der Waals surface area contributed by atoms with Crippen molar-refractivity contribution < 1.29 is 9.90 Å². The van der Waals surface area contributed by atoms with Gasteiger partial charge >= 0.3 is 5.97 Å². The van der Waals surface area contributed by atoms with Crippen molar-refractivity contribution in [3.63, 3.8) is 0 Å². The molecular formula is C6H11ClN2O2S. The van der Waals surface area contributed by atoms with Crippen molar-refractivity contribution >= 4 is 35.3 Å². The molecule has 0 spiro atoms. The van der Waals surface area contributed by atoms with E-state index in [0.29, 0.717) is 10.9 Å². The first kappa shape index (κ1) is 11.6. The van der Waals surface area contributed by atoms with Gasteiger partial charge in [-0.15, -0.1) is 12.4 Å². The lowest BCUT2D eigenvalue weighted by Gasteiger charge is -2.15. The zero-order valence-electron chi connectivity index (χ0n) is 6.61. The fourth-order valence-electron chi connectivity index (χ4n) is 0.976. The smallest absolute Gasteiger partial charge is 0.305 e. The molecule has 0 amide bonds. The number of amidine groups is 1. The number of nitrogens with two attached hydrogens (primary N) is 1. The number of carbonyl (C=O) groups is 1. The second-order valence-corrected chi connectivity index (χ2v) is 3.80. The van der Waals surface area contributed by atoms with Crippen LogP contribution in [0.2, 0.25) is 0 Å². The lowest BCUT2D eigenvalue weighted by atomic mass is 10.0. The monoisotopic (exact) mass is 210 g/mol. The van der Waals surface area contributed by atoms with Crippen LogP contribution in [0, 0.1) is 0 Å². The van der Waals surface area contributed by atoms with Gasteiger partial charge in [-0.1, -0.05) is 11.8 Å². The average Bonchev–Trinajstić information content (AvgIpc) is 2.08. The van der Waals surface area contributed by atoms with Crippen molar-refractivity contribution in [2.45, 2.75) is 18.9 Å². The summed E-state index contributed by atoms with van der Waals surface area (Å²) in [5, 5.41) is 9.00. The predicted octanol–water partition coefficient (Wildman–Crippen LogP) is 0.703. The third-order valence-corrected chi connectivity index (χ3v) is 2.60. The van der Waals surface area contributed by atoms with E-state index < -0.39 is 11.5 Å². The van der Waals surface area contributed by atoms with E-state index >= 15 is 0 Å². The van der Waals surface area contributed by atoms with Crippen LogP contribution < -0.4 is 5.73 Å². The molecular weight excluding hydrogens is 200 g/mol. The molecule has 0 aromatic heterocycles. The molecule has 0 radical (unpaired) electrons. The second-order valence-electron chi connectivity index (χ2n) is 2.81. The maximum Gasteiger partial charge on any atom is 0.305 e. The zero-order valence-corrected chi connectivity index (χ0v) is 8.24. The van der Waals surface area contributed by atoms with Gasteiger partial charge in [0, 0.05) is 5.75 Å². The number of nitrogens with zero attached hydrogens (tertiary/aromatic N) is 1. The Morgan fingerprint density at radius 1 is 1.92 bits per heavy atom. The summed E-state index contributed by atoms with van der Waals surface area (Å²) >= 11 is 1.41. The Balaban J connectivity index is 0.00000121. The molecule has 0 aromatic rings. The molecule has 1 atom stereocenters. The SMILES string of the molecule is CC1(CC(=O)O)CSC(N)=N1.Cl. The van der Waals surface area contributed by atoms with Gasteiger partial charge in [-0.05, 0) is 6.92 Å². The number of carboxylic acid groups (broad SMARTS) is 1. The van der Waals surface area contributed by atoms with Gasteiger partial charge in [0.1, 0.15) is 0 Å². The predicted molar refractivity (Wildman–Crippen MR) is 52.0 cm³/mol. The molecule has 1 rings (SSSR count). The molecule has 4 nitrogen and oxygen atoms in total. The highest BCUT2D eigenvalue weighted by atomic mass is 35.5. The van der Waals surface area contributed by atoms with Gasteiger partial charge in [0.15, 0.2) is 5.17 Å². The Bertz CT molecular complexity index is 222. The number of thioether (sulfide) groups is 1. The standard InChI is InChI=1S/C6H10N2O2S.ClH/c1-6(2-4(9)10)3-11-5(7)8-6;/h2-3H2,1H3,(H2,7,8)(H,9,10);1H. The van der Waals surface area contributed by atoms with E-state index in [2.05, 4.69) is 4.99 Å². The quantitative estimate of drug-likeness (QED) is 0.704. The van der Waals surface area contributed by atoms with Gasteiger partial charge in [-0.2, -0.15) is 0 Å². The average molecular weight is 211 g/mol. The van der Waals surface area contributed by atoms with Crippen molar-refractivity contribution in [1.82, 2.24) is 0 Å². The molecule has 1 aliphatic heterocycles. The summed E-state index contributed by atoms with van der Waals surface area (Å²) in [6.45, 7) is 1.80. The van der Waals surface area contributed by atoms with Gasteiger partial charge in [0.25, 0.3) is 0 Å². The number of halogens is 1. The van der Waals surface area contributed by atoms with Crippen LogP contribution in [0.15, 0.2) is 4.99 Å². The number of aliphatic carboxylic acids is 1. The van der Waals surface area contributed by atoms with Crippen LogP contribution in [0.3, 0.4) is 0 Å². The Kier molecular flexibility index (Phi) is 3.86. The molecule has 0 saturated carbocycles. The Morgan fingerprint density at radius 2 is 2.50 bits per heavy atom. The van der Waals surface area contributed by atoms with E-state index in [0.717, 1.165) is 0 Å². The number of carboxylic acids is 1. The van der Waals surface area contributed by atoms with Crippen LogP contribution >= 0.6 is 24.2 Å². The van der Waals surface area contributed by atoms with Gasteiger partial charge in [-0.25, -0.2) is 0 Å². The van der Waals surface area contributed by atoms with Crippen molar-refractivity contribution in [2.24, 2.45) is 10.7 Å². The maximum atomic E-state index is 10.3. The number of aliphatic imine (C=N–C) groups is 1. The number of hydrogen-bond donors (Lipinski definition) is 2. The summed E-state index contributed by atoms with van der Waals surface area (Å²) in [5.41, 5.74) is 4.92. The van der Waals surface area contributed by atoms with E-state index in [1.807, 2.05) is 0 Å². The highest BCUT2D eigenvalue weighted by Gasteiger charge is 2.31. The summed E-state index contributed by atoms with van der Waals surface area (Å²) in [7, 11) is 0. The van der Waals surface area contributed by atoms with Crippen molar-refractivity contribution in [3.05, 3.63) is 0 Å². The summed E-state index contributed by atoms with van der Waals surface area (Å²) in [6, 6.07) is 0. The summed E-state index contributed by atoms with van der Waals surface area (Å²) in [4.78, 5) is 14.4. The first-order valence-corrected chi connectivity index (χ1v) is 4.20. The van der Waals surface area contributed by atoms with Crippen LogP contribution in [-0.4, -0.2) is 27.5 Å². The third kappa shape index (κ3) is 2.91. The summed E-state index contributed by atoms with van der Waals surface area (Å²) in [5.74, 6) is -0.156. The molecule has 12 heavy (non-hydrogen) atoms. The molecule has 0 fully saturated rings. The molecule has 0 bridgehead atoms. The van der Waals surface area contributed by atoms with Gasteiger partial charge in [0.2, 0.25) is 0 Å². The highest BCUT2D eigenvalue weighted by Crippen LogP contribution is 2.28. The first-order valence-electron chi connectivity index (χ1n) is 3.22. The van der Waals surface area contributed by atoms with Gasteiger partial charge < -0.3 is 10.8 Å². The molecule has 1 heterocycles. The normalized spacial score (nSPS) is 27.6. The first-order chi connectivity index (χ1) is 5.02. The lowest BCUT2D eigenvalue weighted by molar-refractivity contribution is -0.138. The summed E-state index contributed by atoms with van der Waals surface area (Å²) in [6.07, 6.45) is 0.0562. The van der Waals surface area contributed by atoms with Crippen LogP contribution in [0.1, 0.15) is 13.3 Å². The topological polar surface area (TPSA) is 75.7 Å². The van der Waals surface area contributed by atoms with E-state index in [1.54, 1.807) is 6.92 Å². The number of rotatable bonds is 2. The third-order valence-electron chi connectivity index (χ3n) is 1.44. The second kappa shape index (κ2) is 4.00. The van der Waals surface area contributed by atoms with Gasteiger partial charge in [-0.3, -0.25) is 9.79 Å². The van der Waals surface area contributed by atoms with Crippen LogP contribution in [-0.2, 0) is 4.79 Å². The molecule has 1 aliphatic rings. The minimum atomic E-state index is -0.827. The van der Waals surface area contributed by atoms with Crippen LogP contribution in [0.25, 0.3) is 0 Å². The largest absolute Gasteiger partial charge is 0.481 e. The van der Waals surface area contributed by atoms with E-state index in [-0.39, 0.29) is 18.8 Å². The Morgan fingerprint density at radius 3 is 2.83 bits per heavy atom. The van der Waals surface area contributed by atoms with Gasteiger partial charge in [0.05, 0.1) is 12.0 Å². The lowest BCUT2D eigenvalue weighted by Crippen LogP contribution is -2.26. The molecule has 0 saturated heterocycles. The van der Waals surface area contributed by atoms with Crippen LogP contribution in [0.4, 0.5) is 0 Å². The van der Waals surface area contributed by atoms with Crippen molar-refractivity contribution in [2.75, 3.05) is 5.75 Å². The van der Waals surface area contributed by atoms with E-state index in [9.17, 15) is 4.79 Å².